The number of hydrogen-bond acceptors (Lipinski definition) is 5. The molecule has 104 valence electrons. The fraction of sp³-hybridized carbons (Fsp3) is 0.231. The largest absolute Gasteiger partial charge is 0.508 e. The van der Waals surface area contributed by atoms with Gasteiger partial charge in [-0.3, -0.25) is 24.4 Å². The van der Waals surface area contributed by atoms with Gasteiger partial charge in [0, 0.05) is 26.4 Å². The number of hydrogen-bond donors (Lipinski definition) is 1. The van der Waals surface area contributed by atoms with E-state index in [-0.39, 0.29) is 5.75 Å². The Morgan fingerprint density at radius 2 is 1.75 bits per heavy atom. The molecular formula is C13H13N3O4. The molecule has 1 aromatic carbocycles. The predicted molar refractivity (Wildman–Crippen MR) is 70.7 cm³/mol. The SMILES string of the molecule is CN1C(=O)C(C=Nc2cccc(O)c2)C(=O)N(C)C1=O. The van der Waals surface area contributed by atoms with E-state index < -0.39 is 23.8 Å². The van der Waals surface area contributed by atoms with Crippen LogP contribution in [0.2, 0.25) is 0 Å². The van der Waals surface area contributed by atoms with E-state index >= 15 is 0 Å². The average molecular weight is 275 g/mol. The summed E-state index contributed by atoms with van der Waals surface area (Å²) in [7, 11) is 2.62. The first-order chi connectivity index (χ1) is 9.41. The van der Waals surface area contributed by atoms with Gasteiger partial charge in [-0.25, -0.2) is 4.79 Å². The Hall–Kier alpha value is -2.70. The first kappa shape index (κ1) is 13.7. The van der Waals surface area contributed by atoms with Crippen LogP contribution in [0.5, 0.6) is 5.75 Å². The van der Waals surface area contributed by atoms with E-state index in [1.54, 1.807) is 12.1 Å². The van der Waals surface area contributed by atoms with Crippen LogP contribution in [0.15, 0.2) is 29.3 Å². The third-order valence-corrected chi connectivity index (χ3v) is 2.97. The van der Waals surface area contributed by atoms with Crippen molar-refractivity contribution < 1.29 is 19.5 Å². The third kappa shape index (κ3) is 2.37. The van der Waals surface area contributed by atoms with Crippen molar-refractivity contribution in [3.63, 3.8) is 0 Å². The molecule has 0 bridgehead atoms. The lowest BCUT2D eigenvalue weighted by atomic mass is 10.1. The molecule has 1 N–H and O–H groups in total. The average Bonchev–Trinajstić information content (AvgIpc) is 2.43. The van der Waals surface area contributed by atoms with Crippen LogP contribution in [0.4, 0.5) is 10.5 Å². The molecule has 0 unspecified atom stereocenters. The second-order valence-electron chi connectivity index (χ2n) is 4.35. The van der Waals surface area contributed by atoms with Gasteiger partial charge in [0.05, 0.1) is 5.69 Å². The topological polar surface area (TPSA) is 90.3 Å². The Bertz CT molecular complexity index is 587. The molecule has 4 amide bonds. The Morgan fingerprint density at radius 1 is 1.15 bits per heavy atom. The highest BCUT2D eigenvalue weighted by atomic mass is 16.3. The Labute approximate surface area is 115 Å². The zero-order chi connectivity index (χ0) is 14.9. The molecule has 0 radical (unpaired) electrons. The molecule has 1 aliphatic rings. The monoisotopic (exact) mass is 275 g/mol. The lowest BCUT2D eigenvalue weighted by Crippen LogP contribution is -2.57. The normalized spacial score (nSPS) is 17.4. The first-order valence-corrected chi connectivity index (χ1v) is 5.84. The third-order valence-electron chi connectivity index (χ3n) is 2.97. The van der Waals surface area contributed by atoms with Crippen molar-refractivity contribution >= 4 is 29.7 Å². The highest BCUT2D eigenvalue weighted by Crippen LogP contribution is 2.19. The molecule has 0 aromatic heterocycles. The minimum atomic E-state index is -1.13. The first-order valence-electron chi connectivity index (χ1n) is 5.84. The fourth-order valence-electron chi connectivity index (χ4n) is 1.80. The second-order valence-corrected chi connectivity index (χ2v) is 4.35. The number of amides is 4. The van der Waals surface area contributed by atoms with Gasteiger partial charge in [-0.15, -0.1) is 0 Å². The number of urea groups is 1. The summed E-state index contributed by atoms with van der Waals surface area (Å²) in [6.45, 7) is 0. The summed E-state index contributed by atoms with van der Waals surface area (Å²) in [6, 6.07) is 5.42. The zero-order valence-electron chi connectivity index (χ0n) is 11.0. The zero-order valence-corrected chi connectivity index (χ0v) is 11.0. The minimum absolute atomic E-state index is 0.0327. The molecule has 0 atom stereocenters. The minimum Gasteiger partial charge on any atom is -0.508 e. The summed E-state index contributed by atoms with van der Waals surface area (Å²) >= 11 is 0. The highest BCUT2D eigenvalue weighted by molar-refractivity contribution is 6.23. The number of benzene rings is 1. The van der Waals surface area contributed by atoms with Crippen LogP contribution in [-0.2, 0) is 9.59 Å². The fourth-order valence-corrected chi connectivity index (χ4v) is 1.80. The van der Waals surface area contributed by atoms with Crippen LogP contribution in [0, 0.1) is 5.92 Å². The molecule has 0 aliphatic carbocycles. The number of nitrogens with zero attached hydrogens (tertiary/aromatic N) is 3. The molecule has 1 saturated heterocycles. The lowest BCUT2D eigenvalue weighted by Gasteiger charge is -2.31. The molecule has 1 aliphatic heterocycles. The Kier molecular flexibility index (Phi) is 3.51. The molecule has 7 nitrogen and oxygen atoms in total. The van der Waals surface area contributed by atoms with Gasteiger partial charge >= 0.3 is 6.03 Å². The van der Waals surface area contributed by atoms with E-state index in [2.05, 4.69) is 4.99 Å². The molecule has 20 heavy (non-hydrogen) atoms. The van der Waals surface area contributed by atoms with Crippen molar-refractivity contribution in [1.29, 1.82) is 0 Å². The number of carbonyl (C=O) groups excluding carboxylic acids is 3. The summed E-state index contributed by atoms with van der Waals surface area (Å²) in [6.07, 6.45) is 1.18. The van der Waals surface area contributed by atoms with Gasteiger partial charge in [0.1, 0.15) is 5.75 Å². The quantitative estimate of drug-likeness (QED) is 0.637. The maximum Gasteiger partial charge on any atom is 0.332 e. The van der Waals surface area contributed by atoms with Gasteiger partial charge in [0.2, 0.25) is 11.8 Å². The molecule has 1 aromatic rings. The van der Waals surface area contributed by atoms with Crippen LogP contribution in [0.1, 0.15) is 0 Å². The Morgan fingerprint density at radius 3 is 2.30 bits per heavy atom. The number of aliphatic imine (C=N–C) groups is 1. The molecule has 0 spiro atoms. The van der Waals surface area contributed by atoms with Gasteiger partial charge in [-0.05, 0) is 12.1 Å². The molecule has 1 fully saturated rings. The Balaban J connectivity index is 2.25. The van der Waals surface area contributed by atoms with Crippen LogP contribution in [-0.4, -0.2) is 53.1 Å². The van der Waals surface area contributed by atoms with Gasteiger partial charge in [0.25, 0.3) is 0 Å². The van der Waals surface area contributed by atoms with Crippen molar-refractivity contribution in [3.8, 4) is 5.75 Å². The van der Waals surface area contributed by atoms with Crippen LogP contribution >= 0.6 is 0 Å². The predicted octanol–water partition coefficient (Wildman–Crippen LogP) is 0.761. The highest BCUT2D eigenvalue weighted by Gasteiger charge is 2.41. The van der Waals surface area contributed by atoms with Crippen LogP contribution in [0.25, 0.3) is 0 Å². The number of rotatable bonds is 2. The maximum absolute atomic E-state index is 11.9. The molecule has 7 heteroatoms. The summed E-state index contributed by atoms with van der Waals surface area (Å²) in [5.74, 6) is -2.35. The lowest BCUT2D eigenvalue weighted by molar-refractivity contribution is -0.144. The van der Waals surface area contributed by atoms with E-state index in [1.165, 1.54) is 32.4 Å². The summed E-state index contributed by atoms with van der Waals surface area (Å²) in [4.78, 5) is 41.1. The van der Waals surface area contributed by atoms with Crippen molar-refractivity contribution in [2.24, 2.45) is 10.9 Å². The number of phenols is 1. The van der Waals surface area contributed by atoms with E-state index in [0.717, 1.165) is 9.80 Å². The van der Waals surface area contributed by atoms with Crippen molar-refractivity contribution in [2.45, 2.75) is 0 Å². The maximum atomic E-state index is 11.9. The number of aromatic hydroxyl groups is 1. The van der Waals surface area contributed by atoms with E-state index in [4.69, 9.17) is 0 Å². The van der Waals surface area contributed by atoms with Crippen molar-refractivity contribution in [3.05, 3.63) is 24.3 Å². The standard InChI is InChI=1S/C13H13N3O4/c1-15-11(18)10(12(19)16(2)13(15)20)7-14-8-4-3-5-9(17)6-8/h3-7,10,17H,1-2H3. The van der Waals surface area contributed by atoms with Gasteiger partial charge in [0.15, 0.2) is 5.92 Å². The van der Waals surface area contributed by atoms with Gasteiger partial charge in [-0.1, -0.05) is 6.07 Å². The van der Waals surface area contributed by atoms with Crippen LogP contribution < -0.4 is 0 Å². The number of imide groups is 2. The van der Waals surface area contributed by atoms with Crippen LogP contribution in [0.3, 0.4) is 0 Å². The van der Waals surface area contributed by atoms with Gasteiger partial charge in [-0.2, -0.15) is 0 Å². The number of barbiturate groups is 1. The number of carbonyl (C=O) groups is 3. The molecule has 0 saturated carbocycles. The summed E-state index contributed by atoms with van der Waals surface area (Å²) in [5, 5.41) is 9.30. The number of phenolic OH excluding ortho intramolecular Hbond substituents is 1. The van der Waals surface area contributed by atoms with E-state index in [0.29, 0.717) is 5.69 Å². The van der Waals surface area contributed by atoms with Crippen molar-refractivity contribution in [2.75, 3.05) is 14.1 Å². The summed E-state index contributed by atoms with van der Waals surface area (Å²) < 4.78 is 0. The molecular weight excluding hydrogens is 262 g/mol. The molecule has 2 rings (SSSR count). The van der Waals surface area contributed by atoms with E-state index in [9.17, 15) is 19.5 Å². The summed E-state index contributed by atoms with van der Waals surface area (Å²) in [5.41, 5.74) is 0.410. The van der Waals surface area contributed by atoms with Gasteiger partial charge < -0.3 is 5.11 Å². The second kappa shape index (κ2) is 5.12. The van der Waals surface area contributed by atoms with Crippen molar-refractivity contribution in [1.82, 2.24) is 9.80 Å². The smallest absolute Gasteiger partial charge is 0.332 e. The van der Waals surface area contributed by atoms with E-state index in [1.807, 2.05) is 0 Å². The molecule has 1 heterocycles.